The van der Waals surface area contributed by atoms with E-state index in [2.05, 4.69) is 51.5 Å². The maximum Gasteiger partial charge on any atom is 0.0195 e. The number of hydrogen-bond donors (Lipinski definition) is 0. The van der Waals surface area contributed by atoms with Gasteiger partial charge >= 0.3 is 0 Å². The Labute approximate surface area is 89.3 Å². The van der Waals surface area contributed by atoms with Gasteiger partial charge in [-0.05, 0) is 26.3 Å². The van der Waals surface area contributed by atoms with Crippen molar-refractivity contribution in [2.75, 3.05) is 26.7 Å². The lowest BCUT2D eigenvalue weighted by Crippen LogP contribution is -2.56. The molecule has 2 atom stereocenters. The second-order valence-electron chi connectivity index (χ2n) is 6.12. The number of hydrogen-bond acceptors (Lipinski definition) is 2. The minimum atomic E-state index is 0.426. The molecular formula is C12H26N2. The minimum absolute atomic E-state index is 0.426. The first kappa shape index (κ1) is 12.0. The van der Waals surface area contributed by atoms with E-state index in [1.807, 2.05) is 0 Å². The molecule has 1 fully saturated rings. The Morgan fingerprint density at radius 1 is 1.07 bits per heavy atom. The maximum atomic E-state index is 2.61. The molecule has 0 aromatic rings. The number of likely N-dealkylation sites (N-methyl/N-ethyl adjacent to an activating group) is 1. The van der Waals surface area contributed by atoms with Crippen LogP contribution in [-0.4, -0.2) is 48.6 Å². The summed E-state index contributed by atoms with van der Waals surface area (Å²) in [5.74, 6) is 0. The zero-order valence-electron chi connectivity index (χ0n) is 10.7. The van der Waals surface area contributed by atoms with Crippen LogP contribution in [0.15, 0.2) is 0 Å². The molecule has 84 valence electrons. The summed E-state index contributed by atoms with van der Waals surface area (Å²) in [4.78, 5) is 5.09. The molecule has 1 rings (SSSR count). The van der Waals surface area contributed by atoms with E-state index < -0.39 is 0 Å². The fraction of sp³-hybridized carbons (Fsp3) is 1.00. The molecule has 0 bridgehead atoms. The first-order chi connectivity index (χ1) is 6.29. The van der Waals surface area contributed by atoms with Gasteiger partial charge in [0, 0.05) is 31.7 Å². The Balaban J connectivity index is 2.50. The van der Waals surface area contributed by atoms with Crippen LogP contribution in [-0.2, 0) is 0 Å². The van der Waals surface area contributed by atoms with Gasteiger partial charge in [-0.1, -0.05) is 20.8 Å². The fourth-order valence-corrected chi connectivity index (χ4v) is 2.31. The molecule has 2 nitrogen and oxygen atoms in total. The predicted octanol–water partition coefficient (Wildman–Crippen LogP) is 2.06. The van der Waals surface area contributed by atoms with Gasteiger partial charge in [0.15, 0.2) is 0 Å². The maximum absolute atomic E-state index is 2.61. The van der Waals surface area contributed by atoms with Crippen molar-refractivity contribution in [2.24, 2.45) is 5.41 Å². The third kappa shape index (κ3) is 3.25. The second kappa shape index (κ2) is 4.19. The molecule has 0 aliphatic carbocycles. The molecule has 0 saturated carbocycles. The second-order valence-corrected chi connectivity index (χ2v) is 6.12. The van der Waals surface area contributed by atoms with Crippen LogP contribution in [0.25, 0.3) is 0 Å². The molecule has 0 radical (unpaired) electrons. The summed E-state index contributed by atoms with van der Waals surface area (Å²) in [5, 5.41) is 0. The lowest BCUT2D eigenvalue weighted by atomic mass is 9.94. The number of rotatable bonds is 1. The normalized spacial score (nSPS) is 32.1. The van der Waals surface area contributed by atoms with Crippen molar-refractivity contribution in [3.05, 3.63) is 0 Å². The topological polar surface area (TPSA) is 6.48 Å². The highest BCUT2D eigenvalue weighted by Crippen LogP contribution is 2.20. The Kier molecular flexibility index (Phi) is 3.59. The van der Waals surface area contributed by atoms with Crippen LogP contribution >= 0.6 is 0 Å². The molecular weight excluding hydrogens is 172 g/mol. The van der Waals surface area contributed by atoms with E-state index in [0.29, 0.717) is 17.5 Å². The summed E-state index contributed by atoms with van der Waals surface area (Å²) in [5.41, 5.74) is 0.426. The van der Waals surface area contributed by atoms with Gasteiger partial charge in [0.25, 0.3) is 0 Å². The highest BCUT2D eigenvalue weighted by Gasteiger charge is 2.28. The van der Waals surface area contributed by atoms with E-state index in [-0.39, 0.29) is 0 Å². The van der Waals surface area contributed by atoms with Gasteiger partial charge in [0.2, 0.25) is 0 Å². The molecule has 0 amide bonds. The van der Waals surface area contributed by atoms with Crippen LogP contribution in [0.1, 0.15) is 34.6 Å². The van der Waals surface area contributed by atoms with Crippen molar-refractivity contribution < 1.29 is 0 Å². The van der Waals surface area contributed by atoms with Crippen LogP contribution in [0.3, 0.4) is 0 Å². The van der Waals surface area contributed by atoms with Crippen molar-refractivity contribution in [1.82, 2.24) is 9.80 Å². The summed E-state index contributed by atoms with van der Waals surface area (Å²) in [6, 6.07) is 1.39. The summed E-state index contributed by atoms with van der Waals surface area (Å²) in [7, 11) is 2.24. The van der Waals surface area contributed by atoms with Crippen LogP contribution in [0, 0.1) is 5.41 Å². The number of nitrogens with zero attached hydrogens (tertiary/aromatic N) is 2. The van der Waals surface area contributed by atoms with Crippen molar-refractivity contribution in [1.29, 1.82) is 0 Å². The molecule has 0 aromatic carbocycles. The summed E-state index contributed by atoms with van der Waals surface area (Å²) < 4.78 is 0. The lowest BCUT2D eigenvalue weighted by molar-refractivity contribution is 0.0415. The molecule has 1 aliphatic rings. The Morgan fingerprint density at radius 3 is 1.86 bits per heavy atom. The molecule has 14 heavy (non-hydrogen) atoms. The van der Waals surface area contributed by atoms with Gasteiger partial charge in [-0.25, -0.2) is 0 Å². The van der Waals surface area contributed by atoms with Gasteiger partial charge in [-0.2, -0.15) is 0 Å². The zero-order chi connectivity index (χ0) is 10.9. The van der Waals surface area contributed by atoms with E-state index in [4.69, 9.17) is 0 Å². The Morgan fingerprint density at radius 2 is 1.50 bits per heavy atom. The van der Waals surface area contributed by atoms with Gasteiger partial charge in [0.05, 0.1) is 0 Å². The highest BCUT2D eigenvalue weighted by molar-refractivity contribution is 4.84. The Hall–Kier alpha value is -0.0800. The third-order valence-corrected chi connectivity index (χ3v) is 3.13. The standard InChI is InChI=1S/C12H26N2/c1-10-7-14(9-12(3,4)5)8-11(2)13(10)6/h10-11H,7-9H2,1-6H3/t10-,11+. The zero-order valence-corrected chi connectivity index (χ0v) is 10.7. The molecule has 0 spiro atoms. The first-order valence-electron chi connectivity index (χ1n) is 5.74. The van der Waals surface area contributed by atoms with E-state index in [1.165, 1.54) is 19.6 Å². The van der Waals surface area contributed by atoms with Gasteiger partial charge in [-0.15, -0.1) is 0 Å². The average Bonchev–Trinajstić information content (AvgIpc) is 1.96. The average molecular weight is 198 g/mol. The van der Waals surface area contributed by atoms with Gasteiger partial charge < -0.3 is 0 Å². The number of piperazine rings is 1. The molecule has 1 saturated heterocycles. The van der Waals surface area contributed by atoms with Crippen molar-refractivity contribution in [3.63, 3.8) is 0 Å². The van der Waals surface area contributed by atoms with E-state index in [1.54, 1.807) is 0 Å². The molecule has 0 N–H and O–H groups in total. The smallest absolute Gasteiger partial charge is 0.0195 e. The Bertz CT molecular complexity index is 171. The largest absolute Gasteiger partial charge is 0.300 e. The monoisotopic (exact) mass is 198 g/mol. The molecule has 0 aromatic heterocycles. The molecule has 0 unspecified atom stereocenters. The highest BCUT2D eigenvalue weighted by atomic mass is 15.3. The third-order valence-electron chi connectivity index (χ3n) is 3.13. The molecule has 1 heterocycles. The molecule has 2 heteroatoms. The van der Waals surface area contributed by atoms with Crippen LogP contribution in [0.4, 0.5) is 0 Å². The van der Waals surface area contributed by atoms with E-state index in [0.717, 1.165) is 0 Å². The predicted molar refractivity (Wildman–Crippen MR) is 62.6 cm³/mol. The lowest BCUT2D eigenvalue weighted by Gasteiger charge is -2.44. The summed E-state index contributed by atoms with van der Waals surface area (Å²) in [6.07, 6.45) is 0. The van der Waals surface area contributed by atoms with Crippen LogP contribution < -0.4 is 0 Å². The van der Waals surface area contributed by atoms with E-state index >= 15 is 0 Å². The van der Waals surface area contributed by atoms with Crippen LogP contribution in [0.2, 0.25) is 0 Å². The summed E-state index contributed by atoms with van der Waals surface area (Å²) in [6.45, 7) is 15.3. The first-order valence-corrected chi connectivity index (χ1v) is 5.74. The fourth-order valence-electron chi connectivity index (χ4n) is 2.31. The van der Waals surface area contributed by atoms with Gasteiger partial charge in [-0.3, -0.25) is 9.80 Å². The van der Waals surface area contributed by atoms with Crippen LogP contribution in [0.5, 0.6) is 0 Å². The van der Waals surface area contributed by atoms with Crippen molar-refractivity contribution in [2.45, 2.75) is 46.7 Å². The van der Waals surface area contributed by atoms with Crippen molar-refractivity contribution in [3.8, 4) is 0 Å². The van der Waals surface area contributed by atoms with E-state index in [9.17, 15) is 0 Å². The van der Waals surface area contributed by atoms with Gasteiger partial charge in [0.1, 0.15) is 0 Å². The quantitative estimate of drug-likeness (QED) is 0.636. The summed E-state index contributed by atoms with van der Waals surface area (Å²) >= 11 is 0. The van der Waals surface area contributed by atoms with Crippen molar-refractivity contribution >= 4 is 0 Å². The molecule has 1 aliphatic heterocycles. The SMILES string of the molecule is C[C@@H]1CN(CC(C)(C)C)C[C@H](C)N1C. The minimum Gasteiger partial charge on any atom is -0.300 e.